The summed E-state index contributed by atoms with van der Waals surface area (Å²) in [6.07, 6.45) is 0. The van der Waals surface area contributed by atoms with Crippen LogP contribution in [0.2, 0.25) is 0 Å². The predicted molar refractivity (Wildman–Crippen MR) is 107 cm³/mol. The SMILES string of the molecule is Cc1ccc(N2CCN(CC(=O)NCc3nc(-c4ccccc4)no3)C2=O)cc1. The van der Waals surface area contributed by atoms with Crippen LogP contribution in [0.5, 0.6) is 0 Å². The highest BCUT2D eigenvalue weighted by Crippen LogP contribution is 2.20. The highest BCUT2D eigenvalue weighted by molar-refractivity contribution is 5.96. The first kappa shape index (κ1) is 18.7. The van der Waals surface area contributed by atoms with Crippen molar-refractivity contribution in [3.8, 4) is 11.4 Å². The summed E-state index contributed by atoms with van der Waals surface area (Å²) in [4.78, 5) is 32.3. The second-order valence-electron chi connectivity index (χ2n) is 6.85. The van der Waals surface area contributed by atoms with Crippen molar-refractivity contribution in [1.29, 1.82) is 0 Å². The first-order chi connectivity index (χ1) is 14.1. The van der Waals surface area contributed by atoms with E-state index in [2.05, 4.69) is 15.5 Å². The van der Waals surface area contributed by atoms with Gasteiger partial charge in [0.2, 0.25) is 17.6 Å². The molecule has 0 saturated carbocycles. The number of carbonyl (C=O) groups excluding carboxylic acids is 2. The van der Waals surface area contributed by atoms with Crippen molar-refractivity contribution in [3.63, 3.8) is 0 Å². The van der Waals surface area contributed by atoms with Gasteiger partial charge in [0.15, 0.2) is 0 Å². The van der Waals surface area contributed by atoms with Crippen molar-refractivity contribution in [2.75, 3.05) is 24.5 Å². The Morgan fingerprint density at radius 1 is 1.10 bits per heavy atom. The van der Waals surface area contributed by atoms with Crippen molar-refractivity contribution in [1.82, 2.24) is 20.4 Å². The van der Waals surface area contributed by atoms with Crippen LogP contribution in [0.3, 0.4) is 0 Å². The Morgan fingerprint density at radius 3 is 2.62 bits per heavy atom. The number of nitrogens with zero attached hydrogens (tertiary/aromatic N) is 4. The fourth-order valence-corrected chi connectivity index (χ4v) is 3.13. The number of urea groups is 1. The van der Waals surface area contributed by atoms with Gasteiger partial charge in [-0.2, -0.15) is 4.98 Å². The van der Waals surface area contributed by atoms with Crippen LogP contribution in [0, 0.1) is 6.92 Å². The first-order valence-electron chi connectivity index (χ1n) is 9.38. The molecule has 0 radical (unpaired) electrons. The van der Waals surface area contributed by atoms with Gasteiger partial charge in [-0.05, 0) is 19.1 Å². The van der Waals surface area contributed by atoms with Crippen molar-refractivity contribution in [3.05, 3.63) is 66.1 Å². The third-order valence-corrected chi connectivity index (χ3v) is 4.71. The maximum absolute atomic E-state index is 12.6. The number of benzene rings is 2. The average molecular weight is 391 g/mol. The van der Waals surface area contributed by atoms with Gasteiger partial charge in [-0.25, -0.2) is 4.79 Å². The smallest absolute Gasteiger partial charge is 0.325 e. The molecule has 0 bridgehead atoms. The van der Waals surface area contributed by atoms with Gasteiger partial charge in [0.05, 0.1) is 6.54 Å². The van der Waals surface area contributed by atoms with Gasteiger partial charge < -0.3 is 14.7 Å². The Morgan fingerprint density at radius 2 is 1.86 bits per heavy atom. The van der Waals surface area contributed by atoms with Crippen LogP contribution in [-0.2, 0) is 11.3 Å². The van der Waals surface area contributed by atoms with E-state index in [9.17, 15) is 9.59 Å². The first-order valence-corrected chi connectivity index (χ1v) is 9.38. The van der Waals surface area contributed by atoms with Gasteiger partial charge in [-0.3, -0.25) is 9.69 Å². The third kappa shape index (κ3) is 4.26. The van der Waals surface area contributed by atoms with Crippen molar-refractivity contribution in [2.45, 2.75) is 13.5 Å². The molecule has 2 heterocycles. The van der Waals surface area contributed by atoms with Crippen LogP contribution in [0.25, 0.3) is 11.4 Å². The number of nitrogens with one attached hydrogen (secondary N) is 1. The average Bonchev–Trinajstić information content (AvgIpc) is 3.35. The van der Waals surface area contributed by atoms with Crippen LogP contribution in [0.15, 0.2) is 59.1 Å². The zero-order chi connectivity index (χ0) is 20.2. The Balaban J connectivity index is 1.30. The van der Waals surface area contributed by atoms with E-state index in [1.54, 1.807) is 4.90 Å². The van der Waals surface area contributed by atoms with Gasteiger partial charge in [0, 0.05) is 24.3 Å². The molecule has 2 aromatic carbocycles. The Bertz CT molecular complexity index is 1000. The molecule has 1 aliphatic heterocycles. The zero-order valence-electron chi connectivity index (χ0n) is 16.0. The maximum atomic E-state index is 12.6. The van der Waals surface area contributed by atoms with Crippen molar-refractivity contribution in [2.24, 2.45) is 0 Å². The molecule has 0 atom stereocenters. The maximum Gasteiger partial charge on any atom is 0.325 e. The van der Waals surface area contributed by atoms with Crippen molar-refractivity contribution >= 4 is 17.6 Å². The Kier molecular flexibility index (Phi) is 5.24. The summed E-state index contributed by atoms with van der Waals surface area (Å²) in [7, 11) is 0. The molecule has 1 saturated heterocycles. The molecule has 8 nitrogen and oxygen atoms in total. The summed E-state index contributed by atoms with van der Waals surface area (Å²) < 4.78 is 5.18. The van der Waals surface area contributed by atoms with Gasteiger partial charge >= 0.3 is 6.03 Å². The molecule has 1 fully saturated rings. The summed E-state index contributed by atoms with van der Waals surface area (Å²) >= 11 is 0. The second kappa shape index (κ2) is 8.14. The molecule has 0 spiro atoms. The zero-order valence-corrected chi connectivity index (χ0v) is 16.0. The molecule has 3 aromatic rings. The van der Waals surface area contributed by atoms with E-state index in [1.807, 2.05) is 61.5 Å². The molecule has 1 N–H and O–H groups in total. The van der Waals surface area contributed by atoms with Crippen LogP contribution in [0.1, 0.15) is 11.5 Å². The lowest BCUT2D eigenvalue weighted by molar-refractivity contribution is -0.121. The topological polar surface area (TPSA) is 91.6 Å². The van der Waals surface area contributed by atoms with Crippen LogP contribution >= 0.6 is 0 Å². The standard InChI is InChI=1S/C21H21N5O3/c1-15-7-9-17(10-8-15)26-12-11-25(21(26)28)14-18(27)22-13-19-23-20(24-29-19)16-5-3-2-4-6-16/h2-10H,11-14H2,1H3,(H,22,27). The fraction of sp³-hybridized carbons (Fsp3) is 0.238. The largest absolute Gasteiger partial charge is 0.345 e. The molecule has 148 valence electrons. The lowest BCUT2D eigenvalue weighted by Gasteiger charge is -2.18. The van der Waals surface area contributed by atoms with Crippen LogP contribution < -0.4 is 10.2 Å². The number of aryl methyl sites for hydroxylation is 1. The summed E-state index contributed by atoms with van der Waals surface area (Å²) in [5.41, 5.74) is 2.81. The number of anilines is 1. The summed E-state index contributed by atoms with van der Waals surface area (Å²) in [6, 6.07) is 17.0. The fourth-order valence-electron chi connectivity index (χ4n) is 3.13. The molecular formula is C21H21N5O3. The summed E-state index contributed by atoms with van der Waals surface area (Å²) in [6.45, 7) is 3.15. The molecule has 1 aliphatic rings. The van der Waals surface area contributed by atoms with Crippen LogP contribution in [-0.4, -0.2) is 46.6 Å². The van der Waals surface area contributed by atoms with Gasteiger partial charge in [0.1, 0.15) is 6.54 Å². The minimum absolute atomic E-state index is 0.0130. The van der Waals surface area contributed by atoms with E-state index in [1.165, 1.54) is 4.90 Å². The quantitative estimate of drug-likeness (QED) is 0.697. The molecule has 1 aromatic heterocycles. The van der Waals surface area contributed by atoms with Crippen LogP contribution in [0.4, 0.5) is 10.5 Å². The number of hydrogen-bond acceptors (Lipinski definition) is 5. The molecule has 0 aliphatic carbocycles. The number of aromatic nitrogens is 2. The minimum atomic E-state index is -0.274. The lowest BCUT2D eigenvalue weighted by atomic mass is 10.2. The molecule has 29 heavy (non-hydrogen) atoms. The summed E-state index contributed by atoms with van der Waals surface area (Å²) in [5, 5.41) is 6.65. The molecule has 0 unspecified atom stereocenters. The van der Waals surface area contributed by atoms with Gasteiger partial charge in [-0.15, -0.1) is 0 Å². The second-order valence-corrected chi connectivity index (χ2v) is 6.85. The number of rotatable bonds is 6. The minimum Gasteiger partial charge on any atom is -0.345 e. The van der Waals surface area contributed by atoms with E-state index in [0.29, 0.717) is 24.8 Å². The van der Waals surface area contributed by atoms with Crippen molar-refractivity contribution < 1.29 is 14.1 Å². The highest BCUT2D eigenvalue weighted by atomic mass is 16.5. The number of amides is 3. The molecule has 8 heteroatoms. The highest BCUT2D eigenvalue weighted by Gasteiger charge is 2.30. The van der Waals surface area contributed by atoms with E-state index in [0.717, 1.165) is 16.8 Å². The van der Waals surface area contributed by atoms with Gasteiger partial charge in [0.25, 0.3) is 0 Å². The monoisotopic (exact) mass is 391 g/mol. The Hall–Kier alpha value is -3.68. The van der Waals surface area contributed by atoms with Gasteiger partial charge in [-0.1, -0.05) is 53.2 Å². The van der Waals surface area contributed by atoms with E-state index >= 15 is 0 Å². The summed E-state index contributed by atoms with van der Waals surface area (Å²) in [5.74, 6) is 0.508. The van der Waals surface area contributed by atoms with E-state index in [-0.39, 0.29) is 25.0 Å². The third-order valence-electron chi connectivity index (χ3n) is 4.71. The number of hydrogen-bond donors (Lipinski definition) is 1. The lowest BCUT2D eigenvalue weighted by Crippen LogP contribution is -2.39. The Labute approximate surface area is 168 Å². The molecular weight excluding hydrogens is 370 g/mol. The normalized spacial score (nSPS) is 13.8. The molecule has 3 amide bonds. The van der Waals surface area contributed by atoms with E-state index < -0.39 is 0 Å². The predicted octanol–water partition coefficient (Wildman–Crippen LogP) is 2.60. The number of carbonyl (C=O) groups is 2. The molecule has 4 rings (SSSR count). The van der Waals surface area contributed by atoms with E-state index in [4.69, 9.17) is 4.52 Å².